The third-order valence-corrected chi connectivity index (χ3v) is 53.2. The molecular weight excluding hydrogens is 671 g/mol. The molecule has 0 amide bonds. The van der Waals surface area contributed by atoms with Crippen molar-refractivity contribution in [1.29, 1.82) is 0 Å². The topological polar surface area (TPSA) is 0 Å². The second-order valence-corrected chi connectivity index (χ2v) is 51.5. The van der Waals surface area contributed by atoms with Gasteiger partial charge < -0.3 is 0 Å². The van der Waals surface area contributed by atoms with Gasteiger partial charge in [-0.1, -0.05) is 0 Å². The molecule has 4 aromatic carbocycles. The molecule has 0 bridgehead atoms. The van der Waals surface area contributed by atoms with Crippen molar-refractivity contribution in [2.24, 2.45) is 0 Å². The SMILES string of the molecule is CCc1ccc(C)c2c1C(C)=C(C)[CH]2[Zr]([Cl])([Cl])([CH]1C(C)=C(C)c2c(CC)ccc(C)c21)[SiH](c1ccccc1)c1ccccc1. The van der Waals surface area contributed by atoms with E-state index in [1.54, 1.807) is 0 Å². The van der Waals surface area contributed by atoms with Crippen LogP contribution in [0.1, 0.15) is 93.3 Å². The van der Waals surface area contributed by atoms with Gasteiger partial charge in [0.15, 0.2) is 0 Å². The summed E-state index contributed by atoms with van der Waals surface area (Å²) in [5.41, 5.74) is 16.7. The first-order valence-electron chi connectivity index (χ1n) is 16.2. The Morgan fingerprint density at radius 3 is 1.25 bits per heavy atom. The minimum atomic E-state index is -5.30. The predicted octanol–water partition coefficient (Wildman–Crippen LogP) is 10.4. The summed E-state index contributed by atoms with van der Waals surface area (Å²) in [5, 5.41) is 2.72. The van der Waals surface area contributed by atoms with Crippen LogP contribution in [-0.2, 0) is 28.4 Å². The molecule has 0 N–H and O–H groups in total. The van der Waals surface area contributed by atoms with E-state index in [0.717, 1.165) is 12.8 Å². The average molecular weight is 716 g/mol. The molecule has 4 aromatic rings. The number of halogens is 2. The molecule has 227 valence electrons. The van der Waals surface area contributed by atoms with Crippen LogP contribution >= 0.6 is 17.0 Å². The normalized spacial score (nSPS) is 18.9. The van der Waals surface area contributed by atoms with E-state index in [1.165, 1.54) is 77.2 Å². The van der Waals surface area contributed by atoms with Crippen LogP contribution in [0, 0.1) is 13.8 Å². The number of hydrogen-bond donors (Lipinski definition) is 0. The Labute approximate surface area is 274 Å². The molecular formula is C40H45Cl2SiZr. The van der Waals surface area contributed by atoms with Crippen molar-refractivity contribution in [3.8, 4) is 0 Å². The van der Waals surface area contributed by atoms with Gasteiger partial charge in [0.25, 0.3) is 0 Å². The van der Waals surface area contributed by atoms with Crippen molar-refractivity contribution < 1.29 is 15.6 Å². The van der Waals surface area contributed by atoms with Crippen molar-refractivity contribution >= 4 is 44.5 Å². The molecule has 0 saturated carbocycles. The molecule has 0 radical (unpaired) electrons. The van der Waals surface area contributed by atoms with Gasteiger partial charge in [-0.2, -0.15) is 0 Å². The molecule has 0 spiro atoms. The number of rotatable bonds is 7. The molecule has 0 nitrogen and oxygen atoms in total. The fourth-order valence-corrected chi connectivity index (χ4v) is 60.5. The maximum atomic E-state index is 9.12. The third kappa shape index (κ3) is 4.53. The molecule has 2 aliphatic carbocycles. The molecule has 0 heterocycles. The molecule has 6 rings (SSSR count). The van der Waals surface area contributed by atoms with Crippen molar-refractivity contribution in [3.63, 3.8) is 0 Å². The molecule has 4 heteroatoms. The van der Waals surface area contributed by atoms with Crippen LogP contribution in [0.5, 0.6) is 0 Å². The van der Waals surface area contributed by atoms with Gasteiger partial charge in [0.1, 0.15) is 0 Å². The summed E-state index contributed by atoms with van der Waals surface area (Å²) in [6.45, 7) is 18.5. The van der Waals surface area contributed by atoms with E-state index < -0.39 is 21.5 Å². The summed E-state index contributed by atoms with van der Waals surface area (Å²) in [4.78, 5) is 0. The second kappa shape index (κ2) is 11.7. The number of benzene rings is 4. The van der Waals surface area contributed by atoms with Gasteiger partial charge in [-0.25, -0.2) is 0 Å². The van der Waals surface area contributed by atoms with Gasteiger partial charge in [0.2, 0.25) is 0 Å². The van der Waals surface area contributed by atoms with E-state index in [0.29, 0.717) is 0 Å². The molecule has 0 fully saturated rings. The van der Waals surface area contributed by atoms with Gasteiger partial charge in [-0.15, -0.1) is 0 Å². The summed E-state index contributed by atoms with van der Waals surface area (Å²) < 4.78 is 0.0588. The van der Waals surface area contributed by atoms with Gasteiger partial charge in [0, 0.05) is 0 Å². The van der Waals surface area contributed by atoms with E-state index in [2.05, 4.69) is 140 Å². The molecule has 44 heavy (non-hydrogen) atoms. The first kappa shape index (κ1) is 32.0. The van der Waals surface area contributed by atoms with Crippen molar-refractivity contribution in [1.82, 2.24) is 0 Å². The van der Waals surface area contributed by atoms with Crippen LogP contribution < -0.4 is 10.4 Å². The van der Waals surface area contributed by atoms with Crippen molar-refractivity contribution in [3.05, 3.63) is 141 Å². The van der Waals surface area contributed by atoms with Crippen molar-refractivity contribution in [2.75, 3.05) is 0 Å². The number of hydrogen-bond acceptors (Lipinski definition) is 0. The summed E-state index contributed by atoms with van der Waals surface area (Å²) in [6.07, 6.45) is 1.99. The Morgan fingerprint density at radius 2 is 0.909 bits per heavy atom. The Hall–Kier alpha value is -1.96. The van der Waals surface area contributed by atoms with Crippen LogP contribution in [0.2, 0.25) is 0 Å². The standard InChI is InChI=1S/2C14H17.C12H11Si.2ClH.Zr/c2*1-5-12-7-6-9(2)13-8-10(3)11(4)14(12)13;1-3-7-11(8-4-1)13-12-9-5-2-6-10-12;;;/h2*6-8H,5H2,1-4H3;1-10,13H;2*1H;/q;;;;;+2/p-2. The van der Waals surface area contributed by atoms with E-state index in [1.807, 2.05) is 0 Å². The molecule has 0 saturated heterocycles. The first-order chi connectivity index (χ1) is 21.0. The summed E-state index contributed by atoms with van der Waals surface area (Å²) in [5.74, 6) is -2.27. The predicted molar refractivity (Wildman–Crippen MR) is 194 cm³/mol. The average Bonchev–Trinajstić information content (AvgIpc) is 3.46. The quantitative estimate of drug-likeness (QED) is 0.167. The molecule has 2 unspecified atom stereocenters. The maximum absolute atomic E-state index is 9.12. The van der Waals surface area contributed by atoms with Crippen LogP contribution in [0.4, 0.5) is 0 Å². The minimum absolute atomic E-state index is 0.0294. The van der Waals surface area contributed by atoms with Crippen molar-refractivity contribution in [2.45, 2.75) is 75.5 Å². The number of allylic oxidation sites excluding steroid dienone is 4. The summed E-state index contributed by atoms with van der Waals surface area (Å²) >= 11 is -5.30. The third-order valence-electron chi connectivity index (χ3n) is 11.2. The second-order valence-electron chi connectivity index (χ2n) is 13.3. The first-order valence-corrected chi connectivity index (χ1v) is 31.4. The zero-order valence-corrected chi connectivity index (χ0v) is 32.6. The molecule has 0 aromatic heterocycles. The monoisotopic (exact) mass is 713 g/mol. The Bertz CT molecular complexity index is 1700. The van der Waals surface area contributed by atoms with Crippen LogP contribution in [-0.4, -0.2) is 5.92 Å². The Morgan fingerprint density at radius 1 is 0.545 bits per heavy atom. The van der Waals surface area contributed by atoms with Gasteiger partial charge in [-0.05, 0) is 0 Å². The Kier molecular flexibility index (Phi) is 8.50. The van der Waals surface area contributed by atoms with E-state index in [-0.39, 0.29) is 7.25 Å². The zero-order chi connectivity index (χ0) is 31.6. The Balaban J connectivity index is 1.83. The zero-order valence-electron chi connectivity index (χ0n) is 27.5. The number of fused-ring (bicyclic) bond motifs is 2. The van der Waals surface area contributed by atoms with Crippen LogP contribution in [0.3, 0.4) is 0 Å². The molecule has 0 aliphatic heterocycles. The summed E-state index contributed by atoms with van der Waals surface area (Å²) in [6, 6.07) is 31.7. The van der Waals surface area contributed by atoms with Gasteiger partial charge in [-0.3, -0.25) is 0 Å². The molecule has 2 atom stereocenters. The van der Waals surface area contributed by atoms with Crippen LogP contribution in [0.25, 0.3) is 11.1 Å². The summed E-state index contributed by atoms with van der Waals surface area (Å²) in [7, 11) is 18.2. The van der Waals surface area contributed by atoms with E-state index in [9.17, 15) is 0 Å². The fraction of sp³-hybridized carbons (Fsp3) is 0.300. The van der Waals surface area contributed by atoms with Crippen LogP contribution in [0.15, 0.2) is 96.1 Å². The van der Waals surface area contributed by atoms with Gasteiger partial charge >= 0.3 is 276 Å². The molecule has 2 aliphatic rings. The van der Waals surface area contributed by atoms with E-state index >= 15 is 0 Å². The number of aryl methyl sites for hydroxylation is 4. The van der Waals surface area contributed by atoms with Gasteiger partial charge in [0.05, 0.1) is 0 Å². The fourth-order valence-electron chi connectivity index (χ4n) is 9.02. The van der Waals surface area contributed by atoms with E-state index in [4.69, 9.17) is 17.0 Å².